The van der Waals surface area contributed by atoms with Gasteiger partial charge in [-0.2, -0.15) is 0 Å². The number of ether oxygens (including phenoxy) is 4. The molecule has 0 amide bonds. The van der Waals surface area contributed by atoms with Crippen molar-refractivity contribution >= 4 is 0 Å². The molecule has 7 atom stereocenters. The number of hydrogen-bond acceptors (Lipinski definition) is 11. The van der Waals surface area contributed by atoms with Gasteiger partial charge in [0.05, 0.1) is 27.4 Å². The second kappa shape index (κ2) is 9.67. The van der Waals surface area contributed by atoms with Crippen molar-refractivity contribution in [3.63, 3.8) is 0 Å². The molecule has 1 aliphatic rings. The van der Waals surface area contributed by atoms with Crippen LogP contribution in [0.25, 0.3) is 0 Å². The van der Waals surface area contributed by atoms with E-state index in [1.54, 1.807) is 0 Å². The van der Waals surface area contributed by atoms with Crippen LogP contribution in [0.5, 0.6) is 17.2 Å². The van der Waals surface area contributed by atoms with E-state index in [1.165, 1.54) is 26.4 Å². The van der Waals surface area contributed by atoms with Crippen LogP contribution in [0.4, 0.5) is 0 Å². The van der Waals surface area contributed by atoms with Gasteiger partial charge < -0.3 is 54.7 Å². The molecule has 11 heteroatoms. The lowest BCUT2D eigenvalue weighted by atomic mass is 9.98. The van der Waals surface area contributed by atoms with Gasteiger partial charge in [-0.05, 0) is 17.7 Å². The van der Waals surface area contributed by atoms with Crippen LogP contribution in [0.2, 0.25) is 0 Å². The van der Waals surface area contributed by atoms with Gasteiger partial charge in [0.25, 0.3) is 0 Å². The predicted octanol–water partition coefficient (Wildman–Crippen LogP) is -2.38. The minimum atomic E-state index is -1.70. The smallest absolute Gasteiger partial charge is 0.200 e. The van der Waals surface area contributed by atoms with Gasteiger partial charge in [0.15, 0.2) is 17.8 Å². The molecule has 0 aliphatic carbocycles. The monoisotopic (exact) mass is 406 g/mol. The van der Waals surface area contributed by atoms with E-state index < -0.39 is 56.1 Å². The lowest BCUT2D eigenvalue weighted by molar-refractivity contribution is -0.319. The SMILES string of the molecule is COc1cc(C(OC2OC(CO)C(O)C(O)C2O)C(O)CO)cc(OC)c1O. The highest BCUT2D eigenvalue weighted by Crippen LogP contribution is 2.40. The van der Waals surface area contributed by atoms with Gasteiger partial charge in [-0.25, -0.2) is 0 Å². The van der Waals surface area contributed by atoms with Gasteiger partial charge in [-0.15, -0.1) is 0 Å². The first-order valence-electron chi connectivity index (χ1n) is 8.48. The molecule has 11 nitrogen and oxygen atoms in total. The molecule has 0 bridgehead atoms. The summed E-state index contributed by atoms with van der Waals surface area (Å²) >= 11 is 0. The topological polar surface area (TPSA) is 179 Å². The summed E-state index contributed by atoms with van der Waals surface area (Å²) in [6, 6.07) is 2.65. The van der Waals surface area contributed by atoms with Gasteiger partial charge in [-0.3, -0.25) is 0 Å². The fourth-order valence-corrected chi connectivity index (χ4v) is 2.89. The van der Waals surface area contributed by atoms with Gasteiger partial charge >= 0.3 is 0 Å². The van der Waals surface area contributed by atoms with Crippen molar-refractivity contribution < 1.29 is 54.7 Å². The summed E-state index contributed by atoms with van der Waals surface area (Å²) in [6.45, 7) is -1.38. The highest BCUT2D eigenvalue weighted by atomic mass is 16.7. The van der Waals surface area contributed by atoms with E-state index in [0.29, 0.717) is 0 Å². The number of phenolic OH excluding ortho intramolecular Hbond substituents is 1. The molecular formula is C17H26O11. The van der Waals surface area contributed by atoms with Crippen molar-refractivity contribution in [2.24, 2.45) is 0 Å². The number of aliphatic hydroxyl groups is 6. The summed E-state index contributed by atoms with van der Waals surface area (Å²) in [5.74, 6) is -0.289. The Labute approximate surface area is 160 Å². The Bertz CT molecular complexity index is 613. The van der Waals surface area contributed by atoms with E-state index in [1.807, 2.05) is 0 Å². The van der Waals surface area contributed by atoms with Gasteiger partial charge in [-0.1, -0.05) is 0 Å². The van der Waals surface area contributed by atoms with E-state index in [9.17, 15) is 35.7 Å². The maximum atomic E-state index is 10.2. The molecule has 0 saturated carbocycles. The van der Waals surface area contributed by atoms with Crippen molar-refractivity contribution in [3.8, 4) is 17.2 Å². The zero-order valence-corrected chi connectivity index (χ0v) is 15.4. The summed E-state index contributed by atoms with van der Waals surface area (Å²) in [6.07, 6.45) is -10.5. The zero-order chi connectivity index (χ0) is 21.0. The molecule has 1 saturated heterocycles. The summed E-state index contributed by atoms with van der Waals surface area (Å²) in [5.41, 5.74) is 0.199. The van der Waals surface area contributed by atoms with E-state index in [0.717, 1.165) is 0 Å². The summed E-state index contributed by atoms with van der Waals surface area (Å²) in [5, 5.41) is 68.8. The molecule has 1 aromatic rings. The van der Waals surface area contributed by atoms with Crippen LogP contribution in [0.15, 0.2) is 12.1 Å². The van der Waals surface area contributed by atoms with Crippen LogP contribution in [-0.2, 0) is 9.47 Å². The maximum Gasteiger partial charge on any atom is 0.200 e. The first-order valence-corrected chi connectivity index (χ1v) is 8.48. The molecule has 1 heterocycles. The van der Waals surface area contributed by atoms with E-state index in [2.05, 4.69) is 0 Å². The summed E-state index contributed by atoms with van der Waals surface area (Å²) in [4.78, 5) is 0. The maximum absolute atomic E-state index is 10.2. The highest BCUT2D eigenvalue weighted by Gasteiger charge is 2.45. The van der Waals surface area contributed by atoms with Crippen molar-refractivity contribution in [1.82, 2.24) is 0 Å². The van der Waals surface area contributed by atoms with Gasteiger partial charge in [0, 0.05) is 0 Å². The number of hydrogen-bond donors (Lipinski definition) is 7. The Morgan fingerprint density at radius 1 is 1.00 bits per heavy atom. The molecule has 28 heavy (non-hydrogen) atoms. The molecule has 7 N–H and O–H groups in total. The largest absolute Gasteiger partial charge is 0.502 e. The number of phenols is 1. The molecule has 1 aromatic carbocycles. The Morgan fingerprint density at radius 2 is 1.57 bits per heavy atom. The number of methoxy groups -OCH3 is 2. The Balaban J connectivity index is 2.37. The normalized spacial score (nSPS) is 29.9. The number of benzene rings is 1. The van der Waals surface area contributed by atoms with Crippen molar-refractivity contribution in [2.45, 2.75) is 42.9 Å². The summed E-state index contributed by atoms with van der Waals surface area (Å²) < 4.78 is 21.0. The molecule has 1 fully saturated rings. The Kier molecular flexibility index (Phi) is 7.80. The quantitative estimate of drug-likeness (QED) is 0.245. The predicted molar refractivity (Wildman–Crippen MR) is 91.9 cm³/mol. The average molecular weight is 406 g/mol. The van der Waals surface area contributed by atoms with Gasteiger partial charge in [0.1, 0.15) is 36.6 Å². The number of aromatic hydroxyl groups is 1. The Hall–Kier alpha value is -1.70. The van der Waals surface area contributed by atoms with E-state index in [-0.39, 0.29) is 22.8 Å². The zero-order valence-electron chi connectivity index (χ0n) is 15.4. The van der Waals surface area contributed by atoms with Crippen molar-refractivity contribution in [2.75, 3.05) is 27.4 Å². The van der Waals surface area contributed by atoms with Crippen LogP contribution < -0.4 is 9.47 Å². The third-order valence-corrected chi connectivity index (χ3v) is 4.50. The minimum Gasteiger partial charge on any atom is -0.502 e. The Morgan fingerprint density at radius 3 is 2.04 bits per heavy atom. The molecule has 7 unspecified atom stereocenters. The molecule has 0 aromatic heterocycles. The molecular weight excluding hydrogens is 380 g/mol. The minimum absolute atomic E-state index is 0.00175. The van der Waals surface area contributed by atoms with Crippen LogP contribution in [0, 0.1) is 0 Å². The highest BCUT2D eigenvalue weighted by molar-refractivity contribution is 5.53. The lowest BCUT2D eigenvalue weighted by Gasteiger charge is -2.41. The first-order chi connectivity index (χ1) is 13.3. The third kappa shape index (κ3) is 4.47. The number of aliphatic hydroxyl groups excluding tert-OH is 6. The first kappa shape index (κ1) is 22.6. The van der Waals surface area contributed by atoms with Crippen molar-refractivity contribution in [1.29, 1.82) is 0 Å². The fraction of sp³-hybridized carbons (Fsp3) is 0.647. The van der Waals surface area contributed by atoms with Gasteiger partial charge in [0.2, 0.25) is 5.75 Å². The third-order valence-electron chi connectivity index (χ3n) is 4.50. The second-order valence-electron chi connectivity index (χ2n) is 6.28. The van der Waals surface area contributed by atoms with Crippen molar-refractivity contribution in [3.05, 3.63) is 17.7 Å². The summed E-state index contributed by atoms with van der Waals surface area (Å²) in [7, 11) is 2.60. The van der Waals surface area contributed by atoms with Crippen LogP contribution in [0.3, 0.4) is 0 Å². The van der Waals surface area contributed by atoms with Crippen LogP contribution >= 0.6 is 0 Å². The fourth-order valence-electron chi connectivity index (χ4n) is 2.89. The standard InChI is InChI=1S/C17H26O11/c1-25-9-3-7(4-10(26-2)12(9)21)16(8(20)5-18)28-17-15(24)14(23)13(22)11(6-19)27-17/h3-4,8,11,13-24H,5-6H2,1-2H3. The van der Waals surface area contributed by atoms with E-state index >= 15 is 0 Å². The molecule has 0 radical (unpaired) electrons. The number of rotatable bonds is 8. The van der Waals surface area contributed by atoms with Crippen LogP contribution in [0.1, 0.15) is 11.7 Å². The molecule has 2 rings (SSSR count). The van der Waals surface area contributed by atoms with Crippen LogP contribution in [-0.4, -0.2) is 100.0 Å². The second-order valence-corrected chi connectivity index (χ2v) is 6.28. The molecule has 0 spiro atoms. The molecule has 1 aliphatic heterocycles. The molecule has 160 valence electrons. The lowest BCUT2D eigenvalue weighted by Crippen LogP contribution is -2.59. The average Bonchev–Trinajstić information content (AvgIpc) is 2.71. The van der Waals surface area contributed by atoms with E-state index in [4.69, 9.17) is 18.9 Å².